The maximum Gasteiger partial charge on any atom is 0.347 e. The summed E-state index contributed by atoms with van der Waals surface area (Å²) in [5.74, 6) is -0.207. The highest BCUT2D eigenvalue weighted by atomic mass is 32.2. The maximum absolute atomic E-state index is 12.3. The van der Waals surface area contributed by atoms with Gasteiger partial charge in [-0.25, -0.2) is 4.79 Å². The number of thioether (sulfide) groups is 2. The highest BCUT2D eigenvalue weighted by molar-refractivity contribution is 8.08. The van der Waals surface area contributed by atoms with Crippen LogP contribution in [0.1, 0.15) is 59.3 Å². The molecule has 0 N–H and O–H groups in total. The Hall–Kier alpha value is -0.360. The summed E-state index contributed by atoms with van der Waals surface area (Å²) < 4.78 is 11.8. The first-order valence-corrected chi connectivity index (χ1v) is 11.3. The van der Waals surface area contributed by atoms with E-state index in [-0.39, 0.29) is 11.9 Å². The smallest absolute Gasteiger partial charge is 0.347 e. The summed E-state index contributed by atoms with van der Waals surface area (Å²) in [4.78, 5) is 24.5. The summed E-state index contributed by atoms with van der Waals surface area (Å²) in [5, 5.41) is 1.23. The van der Waals surface area contributed by atoms with Crippen LogP contribution in [0.25, 0.3) is 0 Å². The molecule has 7 atom stereocenters. The van der Waals surface area contributed by atoms with Gasteiger partial charge in [0.25, 0.3) is 0 Å². The summed E-state index contributed by atoms with van der Waals surface area (Å²) in [7, 11) is 0. The van der Waals surface area contributed by atoms with Gasteiger partial charge >= 0.3 is 11.9 Å². The van der Waals surface area contributed by atoms with Gasteiger partial charge in [-0.05, 0) is 52.4 Å². The summed E-state index contributed by atoms with van der Waals surface area (Å²) in [5.41, 5.74) is 0. The molecule has 0 aromatic carbocycles. The summed E-state index contributed by atoms with van der Waals surface area (Å²) in [6.07, 6.45) is 5.62. The lowest BCUT2D eigenvalue weighted by Crippen LogP contribution is -2.49. The molecule has 3 saturated heterocycles. The van der Waals surface area contributed by atoms with Gasteiger partial charge in [0.05, 0.1) is 12.5 Å². The molecule has 0 spiro atoms. The first kappa shape index (κ1) is 18.0. The lowest BCUT2D eigenvalue weighted by atomic mass is 9.81. The van der Waals surface area contributed by atoms with Gasteiger partial charge in [-0.15, -0.1) is 11.8 Å². The molecule has 0 radical (unpaired) electrons. The van der Waals surface area contributed by atoms with Crippen LogP contribution >= 0.6 is 23.5 Å². The average molecular weight is 385 g/mol. The molecule has 140 valence electrons. The van der Waals surface area contributed by atoms with Crippen molar-refractivity contribution in [2.45, 2.75) is 85.4 Å². The number of carbonyl (C=O) groups excluding carboxylic acids is 2. The molecule has 2 bridgehead atoms. The van der Waals surface area contributed by atoms with Crippen molar-refractivity contribution in [1.82, 2.24) is 0 Å². The Morgan fingerprint density at radius 1 is 1.20 bits per heavy atom. The predicted octanol–water partition coefficient (Wildman–Crippen LogP) is 3.81. The Bertz CT molecular complexity index is 568. The standard InChI is InChI=1S/C19H28O4S2/c1-11(23-17(21)12-5-7-19(3)15(8-12)25-19)16(20)22-10-13-4-6-18(2)9-14(13)24-18/h11-15H,4-10H2,1-3H3. The maximum atomic E-state index is 12.3. The van der Waals surface area contributed by atoms with E-state index in [0.29, 0.717) is 32.5 Å². The van der Waals surface area contributed by atoms with Gasteiger partial charge in [0.1, 0.15) is 0 Å². The lowest BCUT2D eigenvalue weighted by Gasteiger charge is -2.53. The molecule has 0 aromatic rings. The molecular weight excluding hydrogens is 356 g/mol. The minimum atomic E-state index is -0.796. The molecule has 3 aliphatic heterocycles. The molecule has 25 heavy (non-hydrogen) atoms. The van der Waals surface area contributed by atoms with Crippen molar-refractivity contribution < 1.29 is 19.1 Å². The fourth-order valence-corrected chi connectivity index (χ4v) is 7.72. The van der Waals surface area contributed by atoms with Crippen LogP contribution in [0.5, 0.6) is 0 Å². The van der Waals surface area contributed by atoms with E-state index in [1.165, 1.54) is 12.8 Å². The fourth-order valence-electron chi connectivity index (χ4n) is 4.56. The van der Waals surface area contributed by atoms with Crippen LogP contribution in [0.4, 0.5) is 0 Å². The van der Waals surface area contributed by atoms with Crippen molar-refractivity contribution in [3.8, 4) is 0 Å². The topological polar surface area (TPSA) is 52.6 Å². The summed E-state index contributed by atoms with van der Waals surface area (Å²) >= 11 is 4.01. The molecule has 5 aliphatic rings. The van der Waals surface area contributed by atoms with Crippen molar-refractivity contribution >= 4 is 35.5 Å². The van der Waals surface area contributed by atoms with E-state index in [9.17, 15) is 9.59 Å². The molecule has 0 aromatic heterocycles. The van der Waals surface area contributed by atoms with Gasteiger partial charge in [-0.3, -0.25) is 4.79 Å². The van der Waals surface area contributed by atoms with Gasteiger partial charge in [-0.2, -0.15) is 11.8 Å². The zero-order valence-corrected chi connectivity index (χ0v) is 16.9. The van der Waals surface area contributed by atoms with E-state index < -0.39 is 12.1 Å². The minimum Gasteiger partial charge on any atom is -0.463 e. The quantitative estimate of drug-likeness (QED) is 0.531. The third kappa shape index (κ3) is 3.58. The van der Waals surface area contributed by atoms with Crippen LogP contribution in [-0.4, -0.2) is 44.6 Å². The Balaban J connectivity index is 1.19. The number of esters is 2. The van der Waals surface area contributed by atoms with Gasteiger partial charge in [-0.1, -0.05) is 6.92 Å². The Morgan fingerprint density at radius 3 is 2.60 bits per heavy atom. The van der Waals surface area contributed by atoms with E-state index in [4.69, 9.17) is 9.47 Å². The average Bonchev–Trinajstić information content (AvgIpc) is 3.23. The Morgan fingerprint density at radius 2 is 1.96 bits per heavy atom. The third-order valence-electron chi connectivity index (χ3n) is 6.56. The van der Waals surface area contributed by atoms with Crippen LogP contribution < -0.4 is 0 Å². The highest BCUT2D eigenvalue weighted by Crippen LogP contribution is 2.62. The highest BCUT2D eigenvalue weighted by Gasteiger charge is 2.55. The van der Waals surface area contributed by atoms with Gasteiger partial charge in [0.15, 0.2) is 6.10 Å². The normalized spacial score (nSPS) is 45.6. The second-order valence-electron chi connectivity index (χ2n) is 8.71. The molecule has 2 aliphatic carbocycles. The summed E-state index contributed by atoms with van der Waals surface area (Å²) in [6.45, 7) is 6.70. The molecule has 4 nitrogen and oxygen atoms in total. The Kier molecular flexibility index (Phi) is 4.59. The minimum absolute atomic E-state index is 0.0503. The fraction of sp³-hybridized carbons (Fsp3) is 0.895. The van der Waals surface area contributed by atoms with E-state index in [0.717, 1.165) is 25.7 Å². The van der Waals surface area contributed by atoms with Crippen LogP contribution in [0, 0.1) is 11.8 Å². The second-order valence-corrected chi connectivity index (χ2v) is 12.3. The van der Waals surface area contributed by atoms with Crippen LogP contribution in [0.3, 0.4) is 0 Å². The Labute approximate surface area is 158 Å². The number of ether oxygens (including phenoxy) is 2. The van der Waals surface area contributed by atoms with Crippen LogP contribution in [0.15, 0.2) is 0 Å². The molecule has 6 heteroatoms. The number of rotatable bonds is 5. The second kappa shape index (κ2) is 6.36. The first-order chi connectivity index (χ1) is 11.8. The number of fused-ring (bicyclic) bond motifs is 3. The van der Waals surface area contributed by atoms with E-state index in [2.05, 4.69) is 13.8 Å². The van der Waals surface area contributed by atoms with Crippen molar-refractivity contribution in [2.24, 2.45) is 11.8 Å². The molecule has 2 saturated carbocycles. The third-order valence-corrected chi connectivity index (χ3v) is 10.1. The van der Waals surface area contributed by atoms with Crippen molar-refractivity contribution in [2.75, 3.05) is 6.61 Å². The number of hydrogen-bond acceptors (Lipinski definition) is 6. The summed E-state index contributed by atoms with van der Waals surface area (Å²) in [6, 6.07) is 0. The SMILES string of the molecule is CC(OC(=O)C1CCC2(C)SC2C1)C(=O)OCC1CCC2(C)CC1S2. The van der Waals surface area contributed by atoms with Crippen molar-refractivity contribution in [3.05, 3.63) is 0 Å². The molecule has 7 unspecified atom stereocenters. The monoisotopic (exact) mass is 384 g/mol. The first-order valence-electron chi connectivity index (χ1n) is 9.51. The van der Waals surface area contributed by atoms with Crippen LogP contribution in [-0.2, 0) is 19.1 Å². The van der Waals surface area contributed by atoms with Crippen molar-refractivity contribution in [3.63, 3.8) is 0 Å². The zero-order valence-electron chi connectivity index (χ0n) is 15.3. The molecule has 5 fully saturated rings. The molecule has 3 heterocycles. The van der Waals surface area contributed by atoms with Gasteiger partial charge in [0.2, 0.25) is 0 Å². The lowest BCUT2D eigenvalue weighted by molar-refractivity contribution is -0.170. The number of carbonyl (C=O) groups is 2. The largest absolute Gasteiger partial charge is 0.463 e. The molecule has 0 amide bonds. The molecule has 5 rings (SSSR count). The van der Waals surface area contributed by atoms with E-state index in [1.807, 2.05) is 23.5 Å². The van der Waals surface area contributed by atoms with Crippen LogP contribution in [0.2, 0.25) is 0 Å². The van der Waals surface area contributed by atoms with Gasteiger partial charge in [0, 0.05) is 25.9 Å². The number of hydrogen-bond donors (Lipinski definition) is 0. The predicted molar refractivity (Wildman–Crippen MR) is 101 cm³/mol. The van der Waals surface area contributed by atoms with E-state index in [1.54, 1.807) is 6.92 Å². The van der Waals surface area contributed by atoms with Gasteiger partial charge < -0.3 is 9.47 Å². The van der Waals surface area contributed by atoms with E-state index >= 15 is 0 Å². The molecular formula is C19H28O4S2. The van der Waals surface area contributed by atoms with Crippen molar-refractivity contribution in [1.29, 1.82) is 0 Å². The zero-order chi connectivity index (χ0) is 17.8.